The van der Waals surface area contributed by atoms with Gasteiger partial charge in [0.05, 0.1) is 0 Å². The van der Waals surface area contributed by atoms with E-state index in [-0.39, 0.29) is 24.8 Å². The van der Waals surface area contributed by atoms with E-state index < -0.39 is 0 Å². The third kappa shape index (κ3) is 16.8. The van der Waals surface area contributed by atoms with Crippen LogP contribution in [0.3, 0.4) is 0 Å². The van der Waals surface area contributed by atoms with Gasteiger partial charge in [-0.3, -0.25) is 12.2 Å². The second kappa shape index (κ2) is 30.5. The van der Waals surface area contributed by atoms with Crippen LogP contribution in [-0.2, 0) is 48.5 Å². The quantitative estimate of drug-likeness (QED) is 0.146. The fourth-order valence-electron chi connectivity index (χ4n) is 8.20. The van der Waals surface area contributed by atoms with Crippen LogP contribution in [0.25, 0.3) is 43.1 Å². The van der Waals surface area contributed by atoms with Gasteiger partial charge in [-0.1, -0.05) is 112 Å². The van der Waals surface area contributed by atoms with E-state index in [0.29, 0.717) is 11.8 Å². The van der Waals surface area contributed by atoms with Crippen molar-refractivity contribution in [1.29, 1.82) is 0 Å². The molecule has 0 bridgehead atoms. The topological polar surface area (TPSA) is 0 Å². The predicted molar refractivity (Wildman–Crippen MR) is 297 cm³/mol. The SMILES string of the molecule is CC(C)C1=[C-]CC=C1.CC(C)C1=[C-]CC=C1.[Cl-].[Cl-].[Zr+2]=[C](c1ccccc1)c1ccccc1.[Zr+2]=[C](c1ccccc1)c1ccccc1.c1ccc2c(c1)[cH-]c1ccccc12.c1ccc2c(c1)[cH-]c1ccccc12. The summed E-state index contributed by atoms with van der Waals surface area (Å²) in [7, 11) is 0. The van der Waals surface area contributed by atoms with Crippen LogP contribution in [0.5, 0.6) is 0 Å². The first kappa shape index (κ1) is 57.4. The first-order valence-corrected chi connectivity index (χ1v) is 26.7. The summed E-state index contributed by atoms with van der Waals surface area (Å²) in [6, 6.07) is 80.8. The van der Waals surface area contributed by atoms with Crippen LogP contribution >= 0.6 is 0 Å². The molecule has 0 aromatic heterocycles. The summed E-state index contributed by atoms with van der Waals surface area (Å²) in [5, 5.41) is 10.8. The number of hydrogen-bond acceptors (Lipinski definition) is 0. The summed E-state index contributed by atoms with van der Waals surface area (Å²) < 4.78 is 2.83. The van der Waals surface area contributed by atoms with Crippen molar-refractivity contribution < 1.29 is 73.3 Å². The normalized spacial score (nSPS) is 11.8. The van der Waals surface area contributed by atoms with Gasteiger partial charge in [0.1, 0.15) is 0 Å². The van der Waals surface area contributed by atoms with Crippen molar-refractivity contribution in [1.82, 2.24) is 0 Å². The molecule has 0 atom stereocenters. The van der Waals surface area contributed by atoms with Crippen molar-refractivity contribution in [3.63, 3.8) is 0 Å². The van der Waals surface area contributed by atoms with Gasteiger partial charge in [-0.25, -0.2) is 23.3 Å². The molecule has 356 valence electrons. The van der Waals surface area contributed by atoms with Crippen LogP contribution in [-0.4, -0.2) is 6.41 Å². The zero-order valence-electron chi connectivity index (χ0n) is 41.6. The minimum absolute atomic E-state index is 0. The van der Waals surface area contributed by atoms with Gasteiger partial charge in [-0.15, -0.1) is 92.3 Å². The number of rotatable bonds is 6. The molecule has 0 spiro atoms. The molecule has 0 saturated carbocycles. The Morgan fingerprint density at radius 1 is 0.347 bits per heavy atom. The molecule has 0 heterocycles. The summed E-state index contributed by atoms with van der Waals surface area (Å²) >= 11 is 2.92. The molecule has 0 N–H and O–H groups in total. The average molecular weight is 1130 g/mol. The molecule has 4 heteroatoms. The van der Waals surface area contributed by atoms with Crippen LogP contribution in [0.15, 0.2) is 266 Å². The summed E-state index contributed by atoms with van der Waals surface area (Å²) in [5.41, 5.74) is 8.05. The number of allylic oxidation sites excluding steroid dienone is 8. The van der Waals surface area contributed by atoms with Gasteiger partial charge < -0.3 is 24.8 Å². The number of halogens is 2. The Bertz CT molecular complexity index is 2920. The molecule has 2 aliphatic carbocycles. The first-order chi connectivity index (χ1) is 34.3. The van der Waals surface area contributed by atoms with Crippen LogP contribution in [0.2, 0.25) is 0 Å². The minimum Gasteiger partial charge on any atom is -0.126 e. The predicted octanol–water partition coefficient (Wildman–Crippen LogP) is 11.7. The molecule has 0 amide bonds. The monoisotopic (exact) mass is 1130 g/mol. The fraction of sp³-hybridized carbons (Fsp3) is 0.118. The largest absolute Gasteiger partial charge is 0.126 e. The smallest absolute Gasteiger partial charge is 0.0771 e. The Hall–Kier alpha value is -5.45. The molecule has 0 radical (unpaired) electrons. The van der Waals surface area contributed by atoms with E-state index in [1.54, 1.807) is 0 Å². The molecule has 10 aromatic rings. The second-order valence-electron chi connectivity index (χ2n) is 17.6. The van der Waals surface area contributed by atoms with Gasteiger partial charge in [-0.05, 0) is 0 Å². The maximum Gasteiger partial charge on any atom is -0.0771 e. The van der Waals surface area contributed by atoms with E-state index in [9.17, 15) is 0 Å². The molecule has 2 aliphatic rings. The van der Waals surface area contributed by atoms with Crippen molar-refractivity contribution in [2.24, 2.45) is 11.8 Å². The van der Waals surface area contributed by atoms with Crippen LogP contribution < -0.4 is 24.8 Å². The van der Waals surface area contributed by atoms with Gasteiger partial charge >= 0.3 is 198 Å². The van der Waals surface area contributed by atoms with E-state index in [1.165, 1.54) is 131 Å². The third-order valence-electron chi connectivity index (χ3n) is 12.0. The van der Waals surface area contributed by atoms with E-state index in [4.69, 9.17) is 0 Å². The molecule has 0 unspecified atom stereocenters. The zero-order valence-corrected chi connectivity index (χ0v) is 48.0. The maximum absolute atomic E-state index is 3.26. The van der Waals surface area contributed by atoms with Crippen molar-refractivity contribution in [3.8, 4) is 0 Å². The molecule has 72 heavy (non-hydrogen) atoms. The summed E-state index contributed by atoms with van der Waals surface area (Å²) in [6.07, 6.45) is 17.2. The molecule has 10 aromatic carbocycles. The standard InChI is InChI=1S/2C13H9.2C13H10.2C8H11.2ClH.2Zr/c2*1-3-7-12-10(5-1)9-11-6-2-4-8-13(11)12;2*1-3-7-12(8-4-1)11-13-9-5-2-6-10-13;2*1-7(2)8-5-3-4-6-8;;;;/h2*1-9H;2*1-10H;2*3,5,7H,4H2,1-2H3;2*1H;;/q2*-1;;;2*-1;;;2*+2/p-2. The van der Waals surface area contributed by atoms with Crippen LogP contribution in [0, 0.1) is 24.0 Å². The van der Waals surface area contributed by atoms with Gasteiger partial charge in [0.25, 0.3) is 0 Å². The van der Waals surface area contributed by atoms with Crippen LogP contribution in [0.4, 0.5) is 0 Å². The molecule has 0 fully saturated rings. The van der Waals surface area contributed by atoms with Crippen molar-refractivity contribution in [2.45, 2.75) is 40.5 Å². The fourth-order valence-corrected chi connectivity index (χ4v) is 9.84. The second-order valence-corrected chi connectivity index (χ2v) is 20.1. The number of benzene rings is 8. The van der Waals surface area contributed by atoms with E-state index in [2.05, 4.69) is 295 Å². The third-order valence-corrected chi connectivity index (χ3v) is 14.8. The average Bonchev–Trinajstić information content (AvgIpc) is 4.28. The summed E-state index contributed by atoms with van der Waals surface area (Å²) in [6.45, 7) is 8.77. The van der Waals surface area contributed by atoms with E-state index >= 15 is 0 Å². The minimum atomic E-state index is 0. The first-order valence-electron chi connectivity index (χ1n) is 24.3. The van der Waals surface area contributed by atoms with E-state index in [0.717, 1.165) is 12.8 Å². The molecule has 0 nitrogen and oxygen atoms in total. The Morgan fingerprint density at radius 2 is 0.569 bits per heavy atom. The maximum atomic E-state index is 3.26. The van der Waals surface area contributed by atoms with Crippen molar-refractivity contribution in [2.75, 3.05) is 0 Å². The Labute approximate surface area is 471 Å². The Morgan fingerprint density at radius 3 is 0.764 bits per heavy atom. The summed E-state index contributed by atoms with van der Waals surface area (Å²) in [4.78, 5) is 0. The Balaban J connectivity index is 0.000000162. The number of fused-ring (bicyclic) bond motifs is 6. The van der Waals surface area contributed by atoms with Gasteiger partial charge in [0, 0.05) is 0 Å². The molecule has 0 aliphatic heterocycles. The van der Waals surface area contributed by atoms with Crippen molar-refractivity contribution >= 4 is 49.5 Å². The van der Waals surface area contributed by atoms with Gasteiger partial charge in [0.2, 0.25) is 0 Å². The van der Waals surface area contributed by atoms with Crippen molar-refractivity contribution in [3.05, 3.63) is 300 Å². The molecular formula is C68H60Cl2Zr2-2. The Kier molecular flexibility index (Phi) is 24.4. The molecule has 12 rings (SSSR count). The van der Waals surface area contributed by atoms with Gasteiger partial charge in [0.15, 0.2) is 0 Å². The van der Waals surface area contributed by atoms with Crippen LogP contribution in [0.1, 0.15) is 62.8 Å². The molecule has 0 saturated heterocycles. The number of hydrogen-bond donors (Lipinski definition) is 0. The van der Waals surface area contributed by atoms with E-state index in [1.807, 2.05) is 0 Å². The summed E-state index contributed by atoms with van der Waals surface area (Å²) in [5.74, 6) is 1.32. The molecular weight excluding hydrogens is 1070 g/mol. The van der Waals surface area contributed by atoms with Gasteiger partial charge in [-0.2, -0.15) is 12.2 Å². The zero-order chi connectivity index (χ0) is 48.9.